The Labute approximate surface area is 64.2 Å². The normalized spacial score (nSPS) is 33.0. The molecule has 0 saturated carbocycles. The van der Waals surface area contributed by atoms with Crippen molar-refractivity contribution in [3.63, 3.8) is 0 Å². The van der Waals surface area contributed by atoms with Crippen molar-refractivity contribution in [2.75, 3.05) is 13.1 Å². The van der Waals surface area contributed by atoms with E-state index in [2.05, 4.69) is 19.2 Å². The molecular formula is C9H19N. The molecule has 1 heterocycles. The Balaban J connectivity index is 2.14. The van der Waals surface area contributed by atoms with E-state index in [0.29, 0.717) is 0 Å². The second kappa shape index (κ2) is 3.97. The zero-order valence-electron chi connectivity index (χ0n) is 7.19. The molecule has 1 nitrogen and oxygen atoms in total. The van der Waals surface area contributed by atoms with Crippen LogP contribution in [0.25, 0.3) is 0 Å². The minimum absolute atomic E-state index is 0.923. The van der Waals surface area contributed by atoms with Gasteiger partial charge in [-0.15, -0.1) is 0 Å². The SMILES string of the molecule is CCCC[C@@H]1CNCC1C. The first-order valence-electron chi connectivity index (χ1n) is 4.55. The molecule has 1 heteroatoms. The van der Waals surface area contributed by atoms with E-state index in [0.717, 1.165) is 11.8 Å². The standard InChI is InChI=1S/C9H19N/c1-3-4-5-9-7-10-6-8(9)2/h8-10H,3-7H2,1-2H3/t8?,9-/m1/s1. The fourth-order valence-corrected chi connectivity index (χ4v) is 1.72. The summed E-state index contributed by atoms with van der Waals surface area (Å²) >= 11 is 0. The number of unbranched alkanes of at least 4 members (excludes halogenated alkanes) is 1. The van der Waals surface area contributed by atoms with Gasteiger partial charge in [-0.2, -0.15) is 0 Å². The van der Waals surface area contributed by atoms with Crippen molar-refractivity contribution in [2.45, 2.75) is 33.1 Å². The van der Waals surface area contributed by atoms with Crippen LogP contribution in [0.3, 0.4) is 0 Å². The summed E-state index contributed by atoms with van der Waals surface area (Å²) in [5.41, 5.74) is 0. The van der Waals surface area contributed by atoms with E-state index in [9.17, 15) is 0 Å². The minimum Gasteiger partial charge on any atom is -0.316 e. The van der Waals surface area contributed by atoms with Crippen molar-refractivity contribution in [3.8, 4) is 0 Å². The van der Waals surface area contributed by atoms with E-state index in [4.69, 9.17) is 0 Å². The fraction of sp³-hybridized carbons (Fsp3) is 1.00. The second-order valence-corrected chi connectivity index (χ2v) is 3.54. The molecule has 1 unspecified atom stereocenters. The average Bonchev–Trinajstić information content (AvgIpc) is 2.31. The highest BCUT2D eigenvalue weighted by Crippen LogP contribution is 2.21. The van der Waals surface area contributed by atoms with Crippen molar-refractivity contribution < 1.29 is 0 Å². The topological polar surface area (TPSA) is 12.0 Å². The lowest BCUT2D eigenvalue weighted by Gasteiger charge is -2.12. The summed E-state index contributed by atoms with van der Waals surface area (Å²) in [5, 5.41) is 3.43. The van der Waals surface area contributed by atoms with E-state index >= 15 is 0 Å². The van der Waals surface area contributed by atoms with Crippen molar-refractivity contribution in [1.82, 2.24) is 5.32 Å². The van der Waals surface area contributed by atoms with Crippen molar-refractivity contribution in [3.05, 3.63) is 0 Å². The molecule has 1 aliphatic rings. The summed E-state index contributed by atoms with van der Waals surface area (Å²) in [5.74, 6) is 1.89. The molecule has 1 aliphatic heterocycles. The maximum atomic E-state index is 3.43. The summed E-state index contributed by atoms with van der Waals surface area (Å²) < 4.78 is 0. The van der Waals surface area contributed by atoms with Gasteiger partial charge in [-0.05, 0) is 31.3 Å². The third-order valence-corrected chi connectivity index (χ3v) is 2.61. The Hall–Kier alpha value is -0.0400. The molecule has 60 valence electrons. The molecule has 0 aromatic rings. The summed E-state index contributed by atoms with van der Waals surface area (Å²) in [4.78, 5) is 0. The van der Waals surface area contributed by atoms with Gasteiger partial charge >= 0.3 is 0 Å². The predicted octanol–water partition coefficient (Wildman–Crippen LogP) is 2.03. The van der Waals surface area contributed by atoms with Crippen LogP contribution in [-0.4, -0.2) is 13.1 Å². The van der Waals surface area contributed by atoms with Gasteiger partial charge in [-0.1, -0.05) is 26.7 Å². The molecule has 0 spiro atoms. The second-order valence-electron chi connectivity index (χ2n) is 3.54. The number of hydrogen-bond acceptors (Lipinski definition) is 1. The van der Waals surface area contributed by atoms with Gasteiger partial charge in [0.25, 0.3) is 0 Å². The monoisotopic (exact) mass is 141 g/mol. The van der Waals surface area contributed by atoms with Crippen LogP contribution in [0.1, 0.15) is 33.1 Å². The maximum absolute atomic E-state index is 3.43. The number of hydrogen-bond donors (Lipinski definition) is 1. The first-order chi connectivity index (χ1) is 4.84. The van der Waals surface area contributed by atoms with Gasteiger partial charge in [-0.25, -0.2) is 0 Å². The van der Waals surface area contributed by atoms with E-state index in [-0.39, 0.29) is 0 Å². The highest BCUT2D eigenvalue weighted by Gasteiger charge is 2.21. The highest BCUT2D eigenvalue weighted by atomic mass is 14.9. The number of rotatable bonds is 3. The molecule has 1 N–H and O–H groups in total. The van der Waals surface area contributed by atoms with Crippen LogP contribution in [0.4, 0.5) is 0 Å². The van der Waals surface area contributed by atoms with Gasteiger partial charge in [0.2, 0.25) is 0 Å². The Morgan fingerprint density at radius 2 is 2.20 bits per heavy atom. The van der Waals surface area contributed by atoms with Crippen LogP contribution in [-0.2, 0) is 0 Å². The largest absolute Gasteiger partial charge is 0.316 e. The first-order valence-corrected chi connectivity index (χ1v) is 4.55. The van der Waals surface area contributed by atoms with Gasteiger partial charge in [0, 0.05) is 0 Å². The molecular weight excluding hydrogens is 122 g/mol. The third-order valence-electron chi connectivity index (χ3n) is 2.61. The highest BCUT2D eigenvalue weighted by molar-refractivity contribution is 4.77. The molecule has 1 saturated heterocycles. The van der Waals surface area contributed by atoms with Crippen LogP contribution in [0.2, 0.25) is 0 Å². The van der Waals surface area contributed by atoms with Crippen LogP contribution in [0.15, 0.2) is 0 Å². The van der Waals surface area contributed by atoms with Gasteiger partial charge in [0.1, 0.15) is 0 Å². The smallest absolute Gasteiger partial charge is 0.00174 e. The lowest BCUT2D eigenvalue weighted by atomic mass is 9.93. The van der Waals surface area contributed by atoms with E-state index in [1.54, 1.807) is 0 Å². The summed E-state index contributed by atoms with van der Waals surface area (Å²) in [7, 11) is 0. The van der Waals surface area contributed by atoms with E-state index in [1.807, 2.05) is 0 Å². The zero-order valence-corrected chi connectivity index (χ0v) is 7.19. The summed E-state index contributed by atoms with van der Waals surface area (Å²) in [6.07, 6.45) is 4.20. The number of nitrogens with one attached hydrogen (secondary N) is 1. The zero-order chi connectivity index (χ0) is 7.40. The van der Waals surface area contributed by atoms with Gasteiger partial charge in [-0.3, -0.25) is 0 Å². The van der Waals surface area contributed by atoms with E-state index in [1.165, 1.54) is 32.4 Å². The Morgan fingerprint density at radius 1 is 1.40 bits per heavy atom. The van der Waals surface area contributed by atoms with Crippen LogP contribution in [0, 0.1) is 11.8 Å². The summed E-state index contributed by atoms with van der Waals surface area (Å²) in [6.45, 7) is 7.14. The molecule has 1 fully saturated rings. The average molecular weight is 141 g/mol. The lowest BCUT2D eigenvalue weighted by molar-refractivity contribution is 0.409. The third kappa shape index (κ3) is 1.98. The minimum atomic E-state index is 0.923. The predicted molar refractivity (Wildman–Crippen MR) is 45.0 cm³/mol. The quantitative estimate of drug-likeness (QED) is 0.634. The fourth-order valence-electron chi connectivity index (χ4n) is 1.72. The molecule has 10 heavy (non-hydrogen) atoms. The van der Waals surface area contributed by atoms with Crippen LogP contribution < -0.4 is 5.32 Å². The molecule has 2 atom stereocenters. The van der Waals surface area contributed by atoms with E-state index < -0.39 is 0 Å². The van der Waals surface area contributed by atoms with Crippen LogP contribution in [0.5, 0.6) is 0 Å². The molecule has 0 aromatic carbocycles. The molecule has 0 aliphatic carbocycles. The van der Waals surface area contributed by atoms with Gasteiger partial charge in [0.15, 0.2) is 0 Å². The molecule has 0 radical (unpaired) electrons. The lowest BCUT2D eigenvalue weighted by Crippen LogP contribution is -2.09. The molecule has 0 bridgehead atoms. The Kier molecular flexibility index (Phi) is 3.20. The first kappa shape index (κ1) is 8.06. The van der Waals surface area contributed by atoms with Crippen molar-refractivity contribution in [2.24, 2.45) is 11.8 Å². The summed E-state index contributed by atoms with van der Waals surface area (Å²) in [6, 6.07) is 0. The Morgan fingerprint density at radius 3 is 2.70 bits per heavy atom. The van der Waals surface area contributed by atoms with Gasteiger partial charge in [0.05, 0.1) is 0 Å². The van der Waals surface area contributed by atoms with Crippen molar-refractivity contribution in [1.29, 1.82) is 0 Å². The molecule has 1 rings (SSSR count). The van der Waals surface area contributed by atoms with Gasteiger partial charge < -0.3 is 5.32 Å². The van der Waals surface area contributed by atoms with Crippen molar-refractivity contribution >= 4 is 0 Å². The molecule has 0 aromatic heterocycles. The maximum Gasteiger partial charge on any atom is -0.00174 e. The molecule has 0 amide bonds. The Bertz CT molecular complexity index is 90.7. The van der Waals surface area contributed by atoms with Crippen LogP contribution >= 0.6 is 0 Å².